The van der Waals surface area contributed by atoms with E-state index in [2.05, 4.69) is 28.8 Å². The fourth-order valence-electron chi connectivity index (χ4n) is 2.50. The van der Waals surface area contributed by atoms with E-state index < -0.39 is 0 Å². The molecule has 0 aliphatic heterocycles. The molecule has 0 fully saturated rings. The topological polar surface area (TPSA) is 29.0 Å². The minimum Gasteiger partial charge on any atom is -0.351 e. The van der Waals surface area contributed by atoms with E-state index in [1.807, 2.05) is 48.9 Å². The molecule has 0 N–H and O–H groups in total. The van der Waals surface area contributed by atoms with Crippen LogP contribution in [-0.4, -0.2) is 23.6 Å². The second-order valence-electron chi connectivity index (χ2n) is 5.33. The van der Waals surface area contributed by atoms with Gasteiger partial charge < -0.3 is 4.90 Å². The molecule has 23 heavy (non-hydrogen) atoms. The first-order chi connectivity index (χ1) is 11.2. The normalized spacial score (nSPS) is 10.7. The first-order valence-corrected chi connectivity index (χ1v) is 8.76. The molecule has 3 rings (SSSR count). The summed E-state index contributed by atoms with van der Waals surface area (Å²) in [6.45, 7) is 3.17. The molecule has 0 saturated carbocycles. The molecule has 2 heterocycles. The van der Waals surface area contributed by atoms with Gasteiger partial charge in [-0.2, -0.15) is 0 Å². The predicted molar refractivity (Wildman–Crippen MR) is 99.4 cm³/mol. The number of anilines is 1. The van der Waals surface area contributed by atoms with Gasteiger partial charge in [-0.3, -0.25) is 4.98 Å². The van der Waals surface area contributed by atoms with Crippen LogP contribution in [-0.2, 0) is 0 Å². The second-order valence-corrected chi connectivity index (χ2v) is 6.75. The Balaban J connectivity index is 2.03. The van der Waals surface area contributed by atoms with Crippen LogP contribution in [0.1, 0.15) is 13.3 Å². The van der Waals surface area contributed by atoms with Crippen molar-refractivity contribution in [3.63, 3.8) is 0 Å². The zero-order valence-electron chi connectivity index (χ0n) is 13.2. The summed E-state index contributed by atoms with van der Waals surface area (Å²) in [5, 5.41) is 1.76. The van der Waals surface area contributed by atoms with Crippen molar-refractivity contribution < 1.29 is 0 Å². The summed E-state index contributed by atoms with van der Waals surface area (Å²) in [5.74, 6) is 0. The maximum Gasteiger partial charge on any atom is 0.185 e. The number of rotatable bonds is 5. The Morgan fingerprint density at radius 1 is 1.09 bits per heavy atom. The third kappa shape index (κ3) is 3.38. The summed E-state index contributed by atoms with van der Waals surface area (Å²) in [6.07, 6.45) is 6.71. The number of nitrogens with zero attached hydrogens (tertiary/aromatic N) is 3. The zero-order valence-corrected chi connectivity index (χ0v) is 14.7. The molecular formula is C18H18ClN3S. The molecule has 0 amide bonds. The van der Waals surface area contributed by atoms with E-state index in [9.17, 15) is 0 Å². The van der Waals surface area contributed by atoms with Gasteiger partial charge in [-0.25, -0.2) is 4.98 Å². The molecule has 0 unspecified atom stereocenters. The highest BCUT2D eigenvalue weighted by Crippen LogP contribution is 2.38. The van der Waals surface area contributed by atoms with Crippen LogP contribution in [0.5, 0.6) is 0 Å². The maximum absolute atomic E-state index is 6.37. The number of hydrogen-bond donors (Lipinski definition) is 0. The summed E-state index contributed by atoms with van der Waals surface area (Å²) in [7, 11) is 2.08. The predicted octanol–water partition coefficient (Wildman–Crippen LogP) is 5.37. The molecule has 0 aliphatic rings. The Kier molecular flexibility index (Phi) is 4.94. The van der Waals surface area contributed by atoms with Crippen molar-refractivity contribution in [2.24, 2.45) is 0 Å². The van der Waals surface area contributed by atoms with Crippen molar-refractivity contribution in [1.29, 1.82) is 0 Å². The average molecular weight is 344 g/mol. The summed E-state index contributed by atoms with van der Waals surface area (Å²) in [6, 6.07) is 9.88. The van der Waals surface area contributed by atoms with Gasteiger partial charge in [0.05, 0.1) is 4.88 Å². The van der Waals surface area contributed by atoms with Crippen LogP contribution in [0, 0.1) is 0 Å². The molecule has 0 bridgehead atoms. The first-order valence-electron chi connectivity index (χ1n) is 7.57. The fourth-order valence-corrected chi connectivity index (χ4v) is 3.68. The monoisotopic (exact) mass is 343 g/mol. The molecule has 0 atom stereocenters. The average Bonchev–Trinajstić information content (AvgIpc) is 3.06. The van der Waals surface area contributed by atoms with Gasteiger partial charge >= 0.3 is 0 Å². The van der Waals surface area contributed by atoms with E-state index in [4.69, 9.17) is 11.6 Å². The second kappa shape index (κ2) is 7.11. The van der Waals surface area contributed by atoms with Crippen LogP contribution in [0.2, 0.25) is 5.02 Å². The highest BCUT2D eigenvalue weighted by atomic mass is 35.5. The van der Waals surface area contributed by atoms with E-state index in [0.29, 0.717) is 0 Å². The lowest BCUT2D eigenvalue weighted by Crippen LogP contribution is -2.17. The minimum atomic E-state index is 0.731. The lowest BCUT2D eigenvalue weighted by molar-refractivity contribution is 0.848. The molecule has 3 aromatic rings. The number of thiazole rings is 1. The van der Waals surface area contributed by atoms with Crippen LogP contribution in [0.4, 0.5) is 5.13 Å². The van der Waals surface area contributed by atoms with Crippen molar-refractivity contribution in [2.75, 3.05) is 18.5 Å². The van der Waals surface area contributed by atoms with E-state index in [1.54, 1.807) is 11.3 Å². The molecule has 5 heteroatoms. The lowest BCUT2D eigenvalue weighted by atomic mass is 10.0. The van der Waals surface area contributed by atoms with Gasteiger partial charge in [-0.05, 0) is 18.6 Å². The zero-order chi connectivity index (χ0) is 16.2. The maximum atomic E-state index is 6.37. The fraction of sp³-hybridized carbons (Fsp3) is 0.222. The van der Waals surface area contributed by atoms with Crippen LogP contribution in [0.25, 0.3) is 21.6 Å². The number of pyridine rings is 1. The van der Waals surface area contributed by atoms with Crippen molar-refractivity contribution in [3.05, 3.63) is 53.9 Å². The summed E-state index contributed by atoms with van der Waals surface area (Å²) < 4.78 is 0. The van der Waals surface area contributed by atoms with Gasteiger partial charge in [-0.1, -0.05) is 48.1 Å². The molecule has 3 nitrogen and oxygen atoms in total. The van der Waals surface area contributed by atoms with Crippen LogP contribution in [0.3, 0.4) is 0 Å². The van der Waals surface area contributed by atoms with E-state index in [1.165, 1.54) is 0 Å². The van der Waals surface area contributed by atoms with E-state index in [-0.39, 0.29) is 0 Å². The Labute approximate surface area is 145 Å². The quantitative estimate of drug-likeness (QED) is 0.623. The Hall–Kier alpha value is -1.91. The molecule has 0 aliphatic carbocycles. The molecule has 1 aromatic carbocycles. The molecule has 2 aromatic heterocycles. The number of benzene rings is 1. The molecule has 118 valence electrons. The Bertz CT molecular complexity index is 800. The van der Waals surface area contributed by atoms with Crippen LogP contribution in [0.15, 0.2) is 48.9 Å². The molecule has 0 saturated heterocycles. The summed E-state index contributed by atoms with van der Waals surface area (Å²) >= 11 is 8.06. The van der Waals surface area contributed by atoms with Crippen LogP contribution >= 0.6 is 22.9 Å². The lowest BCUT2D eigenvalue weighted by Gasteiger charge is -2.13. The first kappa shape index (κ1) is 16.0. The third-order valence-corrected chi connectivity index (χ3v) is 5.10. The number of hydrogen-bond acceptors (Lipinski definition) is 4. The van der Waals surface area contributed by atoms with Gasteiger partial charge in [0.15, 0.2) is 5.13 Å². The smallest absolute Gasteiger partial charge is 0.185 e. The molecule has 0 radical (unpaired) electrons. The minimum absolute atomic E-state index is 0.731. The van der Waals surface area contributed by atoms with Crippen molar-refractivity contribution >= 4 is 28.1 Å². The van der Waals surface area contributed by atoms with Gasteiger partial charge in [0.2, 0.25) is 0 Å². The summed E-state index contributed by atoms with van der Waals surface area (Å²) in [5.41, 5.74) is 3.14. The van der Waals surface area contributed by atoms with E-state index >= 15 is 0 Å². The largest absolute Gasteiger partial charge is 0.351 e. The summed E-state index contributed by atoms with van der Waals surface area (Å²) in [4.78, 5) is 12.1. The number of halogens is 1. The van der Waals surface area contributed by atoms with Crippen molar-refractivity contribution in [2.45, 2.75) is 13.3 Å². The van der Waals surface area contributed by atoms with E-state index in [0.717, 1.165) is 44.7 Å². The van der Waals surface area contributed by atoms with Gasteiger partial charge in [0, 0.05) is 53.9 Å². The van der Waals surface area contributed by atoms with Gasteiger partial charge in [0.25, 0.3) is 0 Å². The van der Waals surface area contributed by atoms with Crippen LogP contribution < -0.4 is 4.90 Å². The highest BCUT2D eigenvalue weighted by Gasteiger charge is 2.14. The number of aromatic nitrogens is 2. The Morgan fingerprint density at radius 3 is 2.70 bits per heavy atom. The molecular weight excluding hydrogens is 326 g/mol. The standard InChI is InChI=1S/C18H18ClN3S/c1-3-10-22(2)18-21-12-17(23-18)14-8-9-20-11-15(14)13-6-4-5-7-16(13)19/h4-9,11-12H,3,10H2,1-2H3. The molecule has 0 spiro atoms. The third-order valence-electron chi connectivity index (χ3n) is 3.63. The van der Waals surface area contributed by atoms with Gasteiger partial charge in [0.1, 0.15) is 0 Å². The van der Waals surface area contributed by atoms with Crippen molar-refractivity contribution in [3.8, 4) is 21.6 Å². The van der Waals surface area contributed by atoms with Gasteiger partial charge in [-0.15, -0.1) is 0 Å². The Morgan fingerprint density at radius 2 is 1.91 bits per heavy atom. The highest BCUT2D eigenvalue weighted by molar-refractivity contribution is 7.19. The SMILES string of the molecule is CCCN(C)c1ncc(-c2ccncc2-c2ccccc2Cl)s1. The van der Waals surface area contributed by atoms with Crippen molar-refractivity contribution in [1.82, 2.24) is 9.97 Å².